The molecular weight excluding hydrogens is 590 g/mol. The van der Waals surface area contributed by atoms with Crippen LogP contribution in [0.4, 0.5) is 23.4 Å². The Morgan fingerprint density at radius 3 is 2.58 bits per heavy atom. The van der Waals surface area contributed by atoms with E-state index < -0.39 is 29.5 Å². The maximum Gasteiger partial charge on any atom is 0.419 e. The van der Waals surface area contributed by atoms with Crippen molar-refractivity contribution in [2.75, 3.05) is 45.1 Å². The van der Waals surface area contributed by atoms with Crippen molar-refractivity contribution in [3.8, 4) is 17.1 Å². The molecule has 1 aliphatic carbocycles. The molecule has 0 saturated heterocycles. The average Bonchev–Trinajstić information content (AvgIpc) is 3.64. The zero-order valence-electron chi connectivity index (χ0n) is 25.9. The number of likely N-dealkylation sites (N-methyl/N-ethyl adjacent to an activating group) is 1. The van der Waals surface area contributed by atoms with E-state index in [1.807, 2.05) is 48.0 Å². The minimum Gasteiger partial charge on any atom is -0.472 e. The molecule has 5 rings (SSSR count). The molecule has 0 bridgehead atoms. The van der Waals surface area contributed by atoms with Gasteiger partial charge >= 0.3 is 6.18 Å². The van der Waals surface area contributed by atoms with Crippen LogP contribution in [0.25, 0.3) is 22.2 Å². The van der Waals surface area contributed by atoms with Crippen molar-refractivity contribution in [2.45, 2.75) is 70.8 Å². The number of rotatable bonds is 14. The number of nitrogens with zero attached hydrogens (tertiary/aromatic N) is 7. The highest BCUT2D eigenvalue weighted by atomic mass is 19.4. The maximum atomic E-state index is 14.5. The highest BCUT2D eigenvalue weighted by Gasteiger charge is 2.36. The summed E-state index contributed by atoms with van der Waals surface area (Å²) in [5.74, 6) is -1.35. The van der Waals surface area contributed by atoms with Crippen LogP contribution in [0.2, 0.25) is 0 Å². The molecule has 4 aromatic rings. The molecule has 0 aliphatic heterocycles. The van der Waals surface area contributed by atoms with Crippen LogP contribution in [0.1, 0.15) is 57.6 Å². The van der Waals surface area contributed by atoms with Gasteiger partial charge in [0.05, 0.1) is 29.9 Å². The average molecular weight is 632 g/mol. The Kier molecular flexibility index (Phi) is 10.5. The van der Waals surface area contributed by atoms with Gasteiger partial charge in [-0.2, -0.15) is 23.4 Å². The third-order valence-electron chi connectivity index (χ3n) is 8.15. The molecular formula is C31H41F4N9O. The van der Waals surface area contributed by atoms with Gasteiger partial charge in [0.1, 0.15) is 17.6 Å². The van der Waals surface area contributed by atoms with Gasteiger partial charge in [-0.15, -0.1) is 0 Å². The van der Waals surface area contributed by atoms with Crippen LogP contribution in [0.15, 0.2) is 36.9 Å². The Labute approximate surface area is 260 Å². The highest BCUT2D eigenvalue weighted by molar-refractivity contribution is 5.93. The van der Waals surface area contributed by atoms with E-state index in [0.717, 1.165) is 79.9 Å². The molecule has 2 N–H and O–H groups in total. The summed E-state index contributed by atoms with van der Waals surface area (Å²) in [4.78, 5) is 10.8. The van der Waals surface area contributed by atoms with Gasteiger partial charge in [0.25, 0.3) is 5.88 Å². The summed E-state index contributed by atoms with van der Waals surface area (Å²) >= 11 is 0. The first-order valence-corrected chi connectivity index (χ1v) is 15.6. The second kappa shape index (κ2) is 14.5. The number of aromatic nitrogens is 6. The summed E-state index contributed by atoms with van der Waals surface area (Å²) in [6.07, 6.45) is 4.77. The molecule has 14 heteroatoms. The molecule has 1 saturated carbocycles. The monoisotopic (exact) mass is 631 g/mol. The predicted molar refractivity (Wildman–Crippen MR) is 165 cm³/mol. The summed E-state index contributed by atoms with van der Waals surface area (Å²) in [6, 6.07) is 2.63. The topological polar surface area (TPSA) is 98.0 Å². The van der Waals surface area contributed by atoms with E-state index in [4.69, 9.17) is 9.84 Å². The minimum absolute atomic E-state index is 0.0158. The first kappa shape index (κ1) is 32.6. The van der Waals surface area contributed by atoms with E-state index >= 15 is 0 Å². The number of nitrogens with one attached hydrogen (secondary N) is 2. The van der Waals surface area contributed by atoms with Gasteiger partial charge in [-0.05, 0) is 58.7 Å². The number of alkyl halides is 3. The lowest BCUT2D eigenvalue weighted by molar-refractivity contribution is -0.140. The summed E-state index contributed by atoms with van der Waals surface area (Å²) in [5, 5.41) is 17.1. The fourth-order valence-electron chi connectivity index (χ4n) is 5.87. The van der Waals surface area contributed by atoms with Crippen molar-refractivity contribution in [3.05, 3.63) is 48.3 Å². The number of halogens is 4. The van der Waals surface area contributed by atoms with Crippen LogP contribution < -0.4 is 15.4 Å². The standard InChI is InChI=1S/C31H41F4N9O/c1-4-13-42(14-12-36-3)15-16-43-20-21(18-40-43)29-24-19-39-27(37-5-2)17-26(24)44(41-29)22-6-8-23(9-7-22)45-30-28(32)25(10-11-38-30)31(33,34)35/h10-11,17-20,22-23,36H,4-9,12-16H2,1-3H3,(H,37,39). The second-order valence-corrected chi connectivity index (χ2v) is 11.4. The van der Waals surface area contributed by atoms with Gasteiger partial charge in [0.15, 0.2) is 5.82 Å². The number of hydrogen-bond donors (Lipinski definition) is 2. The van der Waals surface area contributed by atoms with Gasteiger partial charge in [-0.3, -0.25) is 9.36 Å². The molecule has 0 atom stereocenters. The molecule has 45 heavy (non-hydrogen) atoms. The lowest BCUT2D eigenvalue weighted by Crippen LogP contribution is -2.34. The quantitative estimate of drug-likeness (QED) is 0.169. The number of hydrogen-bond acceptors (Lipinski definition) is 8. The highest BCUT2D eigenvalue weighted by Crippen LogP contribution is 2.38. The third kappa shape index (κ3) is 7.72. The SMILES string of the molecule is CCCN(CCNC)CCn1cc(-c2nn(C3CCC(Oc4nccc(C(F)(F)F)c4F)CC3)c3cc(NCC)ncc23)cn1. The Balaban J connectivity index is 1.33. The number of fused-ring (bicyclic) bond motifs is 1. The van der Waals surface area contributed by atoms with Crippen molar-refractivity contribution >= 4 is 16.7 Å². The molecule has 10 nitrogen and oxygen atoms in total. The van der Waals surface area contributed by atoms with Crippen LogP contribution in [-0.4, -0.2) is 80.3 Å². The number of pyridine rings is 2. The summed E-state index contributed by atoms with van der Waals surface area (Å²) < 4.78 is 63.6. The molecule has 0 spiro atoms. The lowest BCUT2D eigenvalue weighted by Gasteiger charge is -2.29. The van der Waals surface area contributed by atoms with Crippen LogP contribution in [0.3, 0.4) is 0 Å². The molecule has 0 radical (unpaired) electrons. The van der Waals surface area contributed by atoms with Crippen molar-refractivity contribution in [1.29, 1.82) is 0 Å². The molecule has 4 aromatic heterocycles. The smallest absolute Gasteiger partial charge is 0.419 e. The Hall–Kier alpha value is -3.78. The van der Waals surface area contributed by atoms with E-state index in [9.17, 15) is 17.6 Å². The predicted octanol–water partition coefficient (Wildman–Crippen LogP) is 5.77. The van der Waals surface area contributed by atoms with E-state index in [0.29, 0.717) is 31.7 Å². The Bertz CT molecular complexity index is 1550. The van der Waals surface area contributed by atoms with Gasteiger partial charge in [0, 0.05) is 61.8 Å². The largest absolute Gasteiger partial charge is 0.472 e. The van der Waals surface area contributed by atoms with Crippen molar-refractivity contribution in [2.24, 2.45) is 0 Å². The number of ether oxygens (including phenoxy) is 1. The first-order chi connectivity index (χ1) is 21.7. The number of anilines is 1. The maximum absolute atomic E-state index is 14.5. The van der Waals surface area contributed by atoms with E-state index in [2.05, 4.69) is 37.5 Å². The normalized spacial score (nSPS) is 17.3. The fraction of sp³-hybridized carbons (Fsp3) is 0.548. The Morgan fingerprint density at radius 2 is 1.87 bits per heavy atom. The molecule has 0 aromatic carbocycles. The zero-order valence-corrected chi connectivity index (χ0v) is 25.9. The molecule has 0 unspecified atom stereocenters. The Morgan fingerprint density at radius 1 is 1.07 bits per heavy atom. The first-order valence-electron chi connectivity index (χ1n) is 15.6. The van der Waals surface area contributed by atoms with E-state index in [1.165, 1.54) is 0 Å². The van der Waals surface area contributed by atoms with Gasteiger partial charge < -0.3 is 20.3 Å². The molecule has 4 heterocycles. The summed E-state index contributed by atoms with van der Waals surface area (Å²) in [5.41, 5.74) is 1.25. The fourth-order valence-corrected chi connectivity index (χ4v) is 5.87. The second-order valence-electron chi connectivity index (χ2n) is 11.4. The van der Waals surface area contributed by atoms with Crippen molar-refractivity contribution in [3.63, 3.8) is 0 Å². The molecule has 244 valence electrons. The molecule has 1 fully saturated rings. The van der Waals surface area contributed by atoms with E-state index in [-0.39, 0.29) is 6.04 Å². The summed E-state index contributed by atoms with van der Waals surface area (Å²) in [7, 11) is 1.96. The van der Waals surface area contributed by atoms with Crippen LogP contribution in [0.5, 0.6) is 5.88 Å². The van der Waals surface area contributed by atoms with Crippen LogP contribution >= 0.6 is 0 Å². The zero-order chi connectivity index (χ0) is 32.0. The molecule has 1 aliphatic rings. The van der Waals surface area contributed by atoms with Crippen molar-refractivity contribution < 1.29 is 22.3 Å². The lowest BCUT2D eigenvalue weighted by atomic mass is 9.93. The summed E-state index contributed by atoms with van der Waals surface area (Å²) in [6.45, 7) is 9.51. The van der Waals surface area contributed by atoms with Gasteiger partial charge in [-0.1, -0.05) is 6.92 Å². The van der Waals surface area contributed by atoms with Gasteiger partial charge in [-0.25, -0.2) is 14.4 Å². The van der Waals surface area contributed by atoms with Gasteiger partial charge in [0.2, 0.25) is 0 Å². The van der Waals surface area contributed by atoms with Crippen LogP contribution in [-0.2, 0) is 12.7 Å². The van der Waals surface area contributed by atoms with Crippen molar-refractivity contribution in [1.82, 2.24) is 39.7 Å². The molecule has 0 amide bonds. The van der Waals surface area contributed by atoms with Crippen LogP contribution in [0, 0.1) is 5.82 Å². The minimum atomic E-state index is -4.82. The third-order valence-corrected chi connectivity index (χ3v) is 8.15. The van der Waals surface area contributed by atoms with E-state index in [1.54, 1.807) is 0 Å².